The first kappa shape index (κ1) is 21.2. The predicted octanol–water partition coefficient (Wildman–Crippen LogP) is 3.20. The second kappa shape index (κ2) is 8.26. The Balaban J connectivity index is 1.41. The van der Waals surface area contributed by atoms with Crippen molar-refractivity contribution in [2.24, 2.45) is 7.05 Å². The summed E-state index contributed by atoms with van der Waals surface area (Å²) >= 11 is 0. The molecule has 0 radical (unpaired) electrons. The van der Waals surface area contributed by atoms with Crippen molar-refractivity contribution in [1.82, 2.24) is 25.0 Å². The second-order valence-corrected chi connectivity index (χ2v) is 8.86. The number of anilines is 2. The van der Waals surface area contributed by atoms with E-state index in [9.17, 15) is 5.11 Å². The van der Waals surface area contributed by atoms with Crippen molar-refractivity contribution in [2.75, 3.05) is 23.3 Å². The maximum atomic E-state index is 10.1. The van der Waals surface area contributed by atoms with Crippen molar-refractivity contribution in [2.45, 2.75) is 52.2 Å². The Morgan fingerprint density at radius 3 is 2.39 bits per heavy atom. The largest absolute Gasteiger partial charge is 0.386 e. The molecule has 0 spiro atoms. The molecule has 2 N–H and O–H groups in total. The minimum Gasteiger partial charge on any atom is -0.386 e. The molecular formula is C23H31N7O. The molecule has 164 valence electrons. The highest BCUT2D eigenvalue weighted by Crippen LogP contribution is 2.29. The van der Waals surface area contributed by atoms with Crippen molar-refractivity contribution in [1.29, 1.82) is 0 Å². The number of hydrogen-bond donors (Lipinski definition) is 2. The van der Waals surface area contributed by atoms with Crippen molar-refractivity contribution in [3.05, 3.63) is 47.3 Å². The van der Waals surface area contributed by atoms with Gasteiger partial charge in [0, 0.05) is 44.1 Å². The molecule has 8 nitrogen and oxygen atoms in total. The van der Waals surface area contributed by atoms with E-state index in [0.29, 0.717) is 6.04 Å². The monoisotopic (exact) mass is 421 g/mol. The molecule has 4 rings (SSSR count). The third-order valence-corrected chi connectivity index (χ3v) is 6.18. The topological polar surface area (TPSA) is 92.0 Å². The van der Waals surface area contributed by atoms with Crippen LogP contribution in [0, 0.1) is 13.8 Å². The van der Waals surface area contributed by atoms with Crippen LogP contribution in [0.5, 0.6) is 0 Å². The van der Waals surface area contributed by atoms with E-state index < -0.39 is 5.60 Å². The molecule has 0 aromatic carbocycles. The first-order valence-corrected chi connectivity index (χ1v) is 10.8. The summed E-state index contributed by atoms with van der Waals surface area (Å²) in [4.78, 5) is 6.79. The van der Waals surface area contributed by atoms with Gasteiger partial charge in [0.05, 0.1) is 11.3 Å². The van der Waals surface area contributed by atoms with Gasteiger partial charge in [-0.2, -0.15) is 5.10 Å². The normalized spacial score (nSPS) is 15.4. The Bertz CT molecular complexity index is 1040. The van der Waals surface area contributed by atoms with Crippen molar-refractivity contribution in [3.63, 3.8) is 0 Å². The van der Waals surface area contributed by atoms with Gasteiger partial charge in [-0.05, 0) is 63.8 Å². The number of aromatic nitrogens is 5. The maximum Gasteiger partial charge on any atom is 0.154 e. The quantitative estimate of drug-likeness (QED) is 0.654. The highest BCUT2D eigenvalue weighted by Gasteiger charge is 2.24. The lowest BCUT2D eigenvalue weighted by atomic mass is 10.0. The number of piperidine rings is 1. The van der Waals surface area contributed by atoms with Crippen LogP contribution >= 0.6 is 0 Å². The summed E-state index contributed by atoms with van der Waals surface area (Å²) < 4.78 is 1.83. The highest BCUT2D eigenvalue weighted by atomic mass is 16.3. The van der Waals surface area contributed by atoms with Crippen molar-refractivity contribution < 1.29 is 5.11 Å². The molecule has 4 heterocycles. The van der Waals surface area contributed by atoms with E-state index in [0.717, 1.165) is 60.1 Å². The summed E-state index contributed by atoms with van der Waals surface area (Å²) in [6, 6.07) is 6.20. The lowest BCUT2D eigenvalue weighted by molar-refractivity contribution is 0.0782. The van der Waals surface area contributed by atoms with E-state index in [4.69, 9.17) is 0 Å². The van der Waals surface area contributed by atoms with Crippen LogP contribution in [0.4, 0.5) is 11.6 Å². The summed E-state index contributed by atoms with van der Waals surface area (Å²) in [7, 11) is 1.92. The van der Waals surface area contributed by atoms with E-state index >= 15 is 0 Å². The fourth-order valence-corrected chi connectivity index (χ4v) is 4.03. The molecule has 0 saturated carbocycles. The van der Waals surface area contributed by atoms with Crippen molar-refractivity contribution >= 4 is 11.6 Å². The smallest absolute Gasteiger partial charge is 0.154 e. The van der Waals surface area contributed by atoms with Crippen LogP contribution in [-0.4, -0.2) is 49.2 Å². The number of rotatable bonds is 5. The molecule has 3 aromatic rings. The van der Waals surface area contributed by atoms with E-state index in [1.54, 1.807) is 26.2 Å². The summed E-state index contributed by atoms with van der Waals surface area (Å²) in [5, 5.41) is 27.0. The van der Waals surface area contributed by atoms with Crippen molar-refractivity contribution in [3.8, 4) is 11.4 Å². The Labute approximate surface area is 183 Å². The van der Waals surface area contributed by atoms with Gasteiger partial charge in [0.25, 0.3) is 0 Å². The molecule has 0 amide bonds. The Morgan fingerprint density at radius 2 is 1.81 bits per heavy atom. The fraction of sp³-hybridized carbons (Fsp3) is 0.478. The third kappa shape index (κ3) is 4.39. The summed E-state index contributed by atoms with van der Waals surface area (Å²) in [5.41, 5.74) is 4.11. The van der Waals surface area contributed by atoms with Gasteiger partial charge in [0.2, 0.25) is 0 Å². The zero-order valence-electron chi connectivity index (χ0n) is 18.9. The van der Waals surface area contributed by atoms with E-state index in [2.05, 4.69) is 44.3 Å². The van der Waals surface area contributed by atoms with Gasteiger partial charge in [-0.15, -0.1) is 10.2 Å². The minimum absolute atomic E-state index is 0.361. The molecule has 31 heavy (non-hydrogen) atoms. The molecular weight excluding hydrogens is 390 g/mol. The second-order valence-electron chi connectivity index (χ2n) is 8.86. The Morgan fingerprint density at radius 1 is 1.06 bits per heavy atom. The lowest BCUT2D eigenvalue weighted by Crippen LogP contribution is -2.40. The van der Waals surface area contributed by atoms with Gasteiger partial charge >= 0.3 is 0 Å². The Hall–Kier alpha value is -3.00. The molecule has 8 heteroatoms. The third-order valence-electron chi connectivity index (χ3n) is 6.18. The first-order chi connectivity index (χ1) is 14.7. The average molecular weight is 422 g/mol. The van der Waals surface area contributed by atoms with Crippen LogP contribution in [0.15, 0.2) is 30.6 Å². The van der Waals surface area contributed by atoms with Gasteiger partial charge in [-0.25, -0.2) is 4.98 Å². The number of aliphatic hydroxyl groups is 1. The molecule has 3 aromatic heterocycles. The number of nitrogens with zero attached hydrogens (tertiary/aromatic N) is 6. The molecule has 0 unspecified atom stereocenters. The van der Waals surface area contributed by atoms with Gasteiger partial charge in [0.15, 0.2) is 5.82 Å². The first-order valence-electron chi connectivity index (χ1n) is 10.8. The van der Waals surface area contributed by atoms with Crippen LogP contribution in [0.3, 0.4) is 0 Å². The maximum absolute atomic E-state index is 10.1. The molecule has 0 aliphatic carbocycles. The van der Waals surface area contributed by atoms with Crippen LogP contribution in [0.25, 0.3) is 11.4 Å². The summed E-state index contributed by atoms with van der Waals surface area (Å²) in [6.45, 7) is 9.59. The zero-order chi connectivity index (χ0) is 22.2. The van der Waals surface area contributed by atoms with Gasteiger partial charge in [-0.1, -0.05) is 6.07 Å². The predicted molar refractivity (Wildman–Crippen MR) is 122 cm³/mol. The molecule has 0 bridgehead atoms. The van der Waals surface area contributed by atoms with Crippen LogP contribution in [-0.2, 0) is 12.6 Å². The van der Waals surface area contributed by atoms with Crippen LogP contribution in [0.1, 0.15) is 43.4 Å². The standard InChI is InChI=1S/C23H31N7O/c1-15-16(2)22(28-27-21(15)19-8-11-25-29(19)5)30-12-9-18(10-13-30)26-20-7-6-17(14-24-20)23(3,4)31/h6-8,11,14,18,31H,9-10,12-13H2,1-5H3,(H,24,26). The van der Waals surface area contributed by atoms with E-state index in [1.165, 1.54) is 5.56 Å². The Kier molecular flexibility index (Phi) is 5.66. The van der Waals surface area contributed by atoms with Crippen LogP contribution < -0.4 is 10.2 Å². The summed E-state index contributed by atoms with van der Waals surface area (Å²) in [6.07, 6.45) is 5.52. The molecule has 1 aliphatic rings. The average Bonchev–Trinajstić information content (AvgIpc) is 3.16. The van der Waals surface area contributed by atoms with E-state index in [-0.39, 0.29) is 0 Å². The molecule has 0 atom stereocenters. The van der Waals surface area contributed by atoms with Gasteiger partial charge in [-0.3, -0.25) is 4.68 Å². The number of hydrogen-bond acceptors (Lipinski definition) is 7. The van der Waals surface area contributed by atoms with Crippen LogP contribution in [0.2, 0.25) is 0 Å². The van der Waals surface area contributed by atoms with Gasteiger partial charge in [0.1, 0.15) is 11.5 Å². The number of nitrogens with one attached hydrogen (secondary N) is 1. The van der Waals surface area contributed by atoms with Gasteiger partial charge < -0.3 is 15.3 Å². The number of aryl methyl sites for hydroxylation is 1. The fourth-order valence-electron chi connectivity index (χ4n) is 4.03. The minimum atomic E-state index is -0.875. The molecule has 1 saturated heterocycles. The molecule has 1 aliphatic heterocycles. The van der Waals surface area contributed by atoms with E-state index in [1.807, 2.05) is 29.9 Å². The number of pyridine rings is 1. The highest BCUT2D eigenvalue weighted by molar-refractivity contribution is 5.64. The zero-order valence-corrected chi connectivity index (χ0v) is 18.9. The summed E-state index contributed by atoms with van der Waals surface area (Å²) in [5.74, 6) is 1.81. The SMILES string of the molecule is Cc1c(-c2ccnn2C)nnc(N2CCC(Nc3ccc(C(C)(C)O)cn3)CC2)c1C. The molecule has 1 fully saturated rings. The lowest BCUT2D eigenvalue weighted by Gasteiger charge is -2.34.